The molecule has 0 aromatic carbocycles. The van der Waals surface area contributed by atoms with Gasteiger partial charge >= 0.3 is 0 Å². The first-order valence-electron chi connectivity index (χ1n) is 6.42. The van der Waals surface area contributed by atoms with Crippen molar-refractivity contribution in [2.45, 2.75) is 33.7 Å². The van der Waals surface area contributed by atoms with Gasteiger partial charge in [0.1, 0.15) is 10.8 Å². The van der Waals surface area contributed by atoms with Crippen molar-refractivity contribution in [3.8, 4) is 0 Å². The van der Waals surface area contributed by atoms with Gasteiger partial charge in [0.05, 0.1) is 5.69 Å². The molecular weight excluding hydrogens is 278 g/mol. The van der Waals surface area contributed by atoms with Crippen molar-refractivity contribution in [1.82, 2.24) is 19.7 Å². The van der Waals surface area contributed by atoms with E-state index in [0.29, 0.717) is 23.1 Å². The van der Waals surface area contributed by atoms with Gasteiger partial charge in [0.25, 0.3) is 5.91 Å². The van der Waals surface area contributed by atoms with Crippen LogP contribution in [0.1, 0.15) is 35.7 Å². The van der Waals surface area contributed by atoms with E-state index in [2.05, 4.69) is 20.4 Å². The molecule has 0 fully saturated rings. The molecule has 106 valence electrons. The van der Waals surface area contributed by atoms with Crippen LogP contribution < -0.4 is 5.32 Å². The summed E-state index contributed by atoms with van der Waals surface area (Å²) in [6.07, 6.45) is 0.778. The Kier molecular flexibility index (Phi) is 4.34. The predicted molar refractivity (Wildman–Crippen MR) is 77.0 cm³/mol. The summed E-state index contributed by atoms with van der Waals surface area (Å²) in [5.74, 6) is -0.0948. The molecule has 0 aliphatic heterocycles. The van der Waals surface area contributed by atoms with E-state index in [0.717, 1.165) is 12.1 Å². The Morgan fingerprint density at radius 2 is 2.10 bits per heavy atom. The second kappa shape index (κ2) is 6.00. The van der Waals surface area contributed by atoms with Crippen LogP contribution in [-0.4, -0.2) is 25.7 Å². The number of nitrogens with one attached hydrogen (secondary N) is 1. The van der Waals surface area contributed by atoms with Crippen LogP contribution in [0.4, 0.5) is 5.95 Å². The number of halogens is 1. The lowest BCUT2D eigenvalue weighted by atomic mass is 10.3. The van der Waals surface area contributed by atoms with E-state index in [-0.39, 0.29) is 11.9 Å². The maximum absolute atomic E-state index is 12.3. The molecule has 0 aliphatic rings. The molecule has 1 amide bonds. The van der Waals surface area contributed by atoms with Crippen LogP contribution in [-0.2, 0) is 13.0 Å². The van der Waals surface area contributed by atoms with Crippen LogP contribution in [0.3, 0.4) is 0 Å². The Morgan fingerprint density at radius 3 is 2.70 bits per heavy atom. The first kappa shape index (κ1) is 14.5. The molecule has 2 aromatic rings. The normalized spacial score (nSPS) is 10.6. The number of aromatic nitrogens is 4. The zero-order valence-corrected chi connectivity index (χ0v) is 12.4. The topological polar surface area (TPSA) is 72.7 Å². The van der Waals surface area contributed by atoms with Crippen molar-refractivity contribution in [2.24, 2.45) is 0 Å². The highest BCUT2D eigenvalue weighted by Gasteiger charge is 2.15. The summed E-state index contributed by atoms with van der Waals surface area (Å²) < 4.78 is 1.66. The number of amides is 1. The summed E-state index contributed by atoms with van der Waals surface area (Å²) in [4.78, 5) is 20.4. The van der Waals surface area contributed by atoms with Gasteiger partial charge < -0.3 is 0 Å². The highest BCUT2D eigenvalue weighted by atomic mass is 35.5. The molecule has 2 rings (SSSR count). The average Bonchev–Trinajstić information content (AvgIpc) is 2.80. The number of aryl methyl sites for hydroxylation is 3. The van der Waals surface area contributed by atoms with E-state index in [1.54, 1.807) is 23.7 Å². The van der Waals surface area contributed by atoms with Crippen LogP contribution in [0, 0.1) is 6.92 Å². The van der Waals surface area contributed by atoms with Crippen molar-refractivity contribution in [3.05, 3.63) is 34.4 Å². The predicted octanol–water partition coefficient (Wildman–Crippen LogP) is 2.47. The van der Waals surface area contributed by atoms with E-state index in [9.17, 15) is 4.79 Å². The lowest BCUT2D eigenvalue weighted by molar-refractivity contribution is 0.101. The zero-order chi connectivity index (χ0) is 14.7. The molecule has 6 nitrogen and oxygen atoms in total. The van der Waals surface area contributed by atoms with E-state index in [1.807, 2.05) is 13.8 Å². The minimum absolute atomic E-state index is 0.196. The molecule has 1 N–H and O–H groups in total. The maximum atomic E-state index is 12.3. The smallest absolute Gasteiger partial charge is 0.276 e. The number of nitrogens with zero attached hydrogens (tertiary/aromatic N) is 4. The Morgan fingerprint density at radius 1 is 1.35 bits per heavy atom. The molecule has 2 aromatic heterocycles. The van der Waals surface area contributed by atoms with Gasteiger partial charge in [-0.1, -0.05) is 18.5 Å². The van der Waals surface area contributed by atoms with E-state index < -0.39 is 0 Å². The molecule has 0 bridgehead atoms. The van der Waals surface area contributed by atoms with Gasteiger partial charge in [-0.3, -0.25) is 14.8 Å². The molecule has 7 heteroatoms. The number of hydrogen-bond acceptors (Lipinski definition) is 4. The molecule has 0 unspecified atom stereocenters. The van der Waals surface area contributed by atoms with Gasteiger partial charge in [-0.2, -0.15) is 5.10 Å². The van der Waals surface area contributed by atoms with Gasteiger partial charge in [0.2, 0.25) is 5.95 Å². The average molecular weight is 294 g/mol. The molecule has 0 spiro atoms. The first-order chi connectivity index (χ1) is 9.53. The summed E-state index contributed by atoms with van der Waals surface area (Å²) in [7, 11) is 0. The summed E-state index contributed by atoms with van der Waals surface area (Å²) >= 11 is 5.84. The fourth-order valence-corrected chi connectivity index (χ4v) is 2.06. The number of carbonyl (C=O) groups is 1. The third kappa shape index (κ3) is 3.14. The Bertz CT molecular complexity index is 617. The quantitative estimate of drug-likeness (QED) is 0.879. The van der Waals surface area contributed by atoms with Crippen LogP contribution >= 0.6 is 11.6 Å². The third-order valence-corrected chi connectivity index (χ3v) is 2.97. The van der Waals surface area contributed by atoms with Crippen molar-refractivity contribution in [1.29, 1.82) is 0 Å². The van der Waals surface area contributed by atoms with Gasteiger partial charge in [-0.15, -0.1) is 0 Å². The van der Waals surface area contributed by atoms with Gasteiger partial charge in [-0.05, 0) is 32.4 Å². The Balaban J connectivity index is 2.25. The van der Waals surface area contributed by atoms with Crippen LogP contribution in [0.25, 0.3) is 0 Å². The maximum Gasteiger partial charge on any atom is 0.276 e. The molecule has 20 heavy (non-hydrogen) atoms. The van der Waals surface area contributed by atoms with E-state index in [4.69, 9.17) is 11.6 Å². The van der Waals surface area contributed by atoms with Gasteiger partial charge in [0, 0.05) is 12.2 Å². The fraction of sp³-hybridized carbons (Fsp3) is 0.385. The highest BCUT2D eigenvalue weighted by Crippen LogP contribution is 2.12. The molecular formula is C13H16ClN5O. The van der Waals surface area contributed by atoms with Crippen LogP contribution in [0.2, 0.25) is 5.15 Å². The second-order valence-electron chi connectivity index (χ2n) is 4.30. The van der Waals surface area contributed by atoms with Crippen molar-refractivity contribution < 1.29 is 4.79 Å². The third-order valence-electron chi connectivity index (χ3n) is 2.77. The fourth-order valence-electron chi connectivity index (χ4n) is 1.82. The molecule has 0 saturated heterocycles. The Hall–Kier alpha value is -1.95. The Labute approximate surface area is 122 Å². The second-order valence-corrected chi connectivity index (χ2v) is 4.69. The van der Waals surface area contributed by atoms with Crippen LogP contribution in [0.15, 0.2) is 12.1 Å². The van der Waals surface area contributed by atoms with Crippen molar-refractivity contribution in [2.75, 3.05) is 5.32 Å². The minimum Gasteiger partial charge on any atom is -0.289 e. The van der Waals surface area contributed by atoms with Crippen molar-refractivity contribution >= 4 is 23.5 Å². The summed E-state index contributed by atoms with van der Waals surface area (Å²) in [5.41, 5.74) is 2.06. The zero-order valence-electron chi connectivity index (χ0n) is 11.6. The molecule has 0 atom stereocenters. The number of rotatable bonds is 4. The lowest BCUT2D eigenvalue weighted by Crippen LogP contribution is -2.19. The number of anilines is 1. The molecule has 0 saturated carbocycles. The molecule has 0 aliphatic carbocycles. The summed E-state index contributed by atoms with van der Waals surface area (Å²) in [6.45, 7) is 6.34. The van der Waals surface area contributed by atoms with E-state index >= 15 is 0 Å². The van der Waals surface area contributed by atoms with E-state index in [1.165, 1.54) is 0 Å². The van der Waals surface area contributed by atoms with Crippen LogP contribution in [0.5, 0.6) is 0 Å². The largest absolute Gasteiger partial charge is 0.289 e. The monoisotopic (exact) mass is 293 g/mol. The number of hydrogen-bond donors (Lipinski definition) is 1. The first-order valence-corrected chi connectivity index (χ1v) is 6.80. The summed E-state index contributed by atoms with van der Waals surface area (Å²) in [6, 6.07) is 3.40. The molecule has 0 radical (unpaired) electrons. The SMILES string of the molecule is CCc1cc(C(=O)Nc2nc(C)cc(Cl)n2)n(CC)n1. The van der Waals surface area contributed by atoms with Gasteiger partial charge in [0.15, 0.2) is 0 Å². The molecule has 2 heterocycles. The number of carbonyl (C=O) groups excluding carboxylic acids is 1. The summed E-state index contributed by atoms with van der Waals surface area (Å²) in [5, 5.41) is 7.28. The standard InChI is InChI=1S/C13H16ClN5O/c1-4-9-7-10(19(5-2)18-9)12(20)17-13-15-8(3)6-11(14)16-13/h6-7H,4-5H2,1-3H3,(H,15,16,17,20). The minimum atomic E-state index is -0.291. The lowest BCUT2D eigenvalue weighted by Gasteiger charge is -2.06. The van der Waals surface area contributed by atoms with Gasteiger partial charge in [-0.25, -0.2) is 9.97 Å². The van der Waals surface area contributed by atoms with Crippen molar-refractivity contribution in [3.63, 3.8) is 0 Å². The highest BCUT2D eigenvalue weighted by molar-refractivity contribution is 6.29.